The van der Waals surface area contributed by atoms with E-state index < -0.39 is 0 Å². The van der Waals surface area contributed by atoms with Gasteiger partial charge in [0.15, 0.2) is 0 Å². The molecule has 2 aliphatic rings. The number of ether oxygens (including phenoxy) is 2. The van der Waals surface area contributed by atoms with Crippen LogP contribution in [0.2, 0.25) is 0 Å². The van der Waals surface area contributed by atoms with Gasteiger partial charge in [0.1, 0.15) is 0 Å². The fraction of sp³-hybridized carbons (Fsp3) is 0.526. The lowest BCUT2D eigenvalue weighted by Crippen LogP contribution is -2.57. The predicted molar refractivity (Wildman–Crippen MR) is 94.2 cm³/mol. The van der Waals surface area contributed by atoms with Crippen molar-refractivity contribution in [2.24, 2.45) is 5.41 Å². The minimum absolute atomic E-state index is 0.0166. The molecule has 2 saturated heterocycles. The fourth-order valence-electron chi connectivity index (χ4n) is 3.98. The molecule has 0 bridgehead atoms. The summed E-state index contributed by atoms with van der Waals surface area (Å²) < 4.78 is 12.2. The van der Waals surface area contributed by atoms with Crippen LogP contribution in [0.1, 0.15) is 24.8 Å². The maximum absolute atomic E-state index is 6.13. The quantitative estimate of drug-likeness (QED) is 0.833. The van der Waals surface area contributed by atoms with E-state index in [0.29, 0.717) is 13.2 Å². The van der Waals surface area contributed by atoms with Gasteiger partial charge in [-0.05, 0) is 43.0 Å². The molecule has 0 N–H and O–H groups in total. The van der Waals surface area contributed by atoms with Crippen LogP contribution in [-0.2, 0) is 16.1 Å². The Labute approximate surface area is 148 Å². The largest absolute Gasteiger partial charge is 0.377 e. The first-order valence-electron chi connectivity index (χ1n) is 8.96. The van der Waals surface area contributed by atoms with Gasteiger partial charge in [-0.25, -0.2) is 9.97 Å². The van der Waals surface area contributed by atoms with Crippen molar-refractivity contribution in [1.82, 2.24) is 15.0 Å². The van der Waals surface area contributed by atoms with E-state index in [-0.39, 0.29) is 11.5 Å². The van der Waals surface area contributed by atoms with E-state index in [4.69, 9.17) is 9.47 Å². The molecular formula is C19H24N4O2. The summed E-state index contributed by atoms with van der Waals surface area (Å²) in [5.41, 5.74) is 1.17. The summed E-state index contributed by atoms with van der Waals surface area (Å²) in [4.78, 5) is 15.2. The molecule has 0 amide bonds. The number of pyridine rings is 1. The Kier molecular flexibility index (Phi) is 4.90. The van der Waals surface area contributed by atoms with E-state index in [1.807, 2.05) is 18.2 Å². The highest BCUT2D eigenvalue weighted by Gasteiger charge is 2.46. The zero-order valence-electron chi connectivity index (χ0n) is 14.4. The molecular weight excluding hydrogens is 316 g/mol. The summed E-state index contributed by atoms with van der Waals surface area (Å²) in [6.45, 7) is 3.99. The van der Waals surface area contributed by atoms with Crippen molar-refractivity contribution in [3.8, 4) is 0 Å². The third-order valence-corrected chi connectivity index (χ3v) is 5.23. The fourth-order valence-corrected chi connectivity index (χ4v) is 3.98. The van der Waals surface area contributed by atoms with E-state index in [2.05, 4.69) is 19.9 Å². The van der Waals surface area contributed by atoms with Crippen molar-refractivity contribution in [3.05, 3.63) is 48.5 Å². The molecule has 2 fully saturated rings. The van der Waals surface area contributed by atoms with E-state index in [9.17, 15) is 0 Å². The van der Waals surface area contributed by atoms with Gasteiger partial charge < -0.3 is 14.4 Å². The number of rotatable bonds is 5. The Hall–Kier alpha value is -2.05. The normalized spacial score (nSPS) is 26.2. The van der Waals surface area contributed by atoms with Gasteiger partial charge in [0.05, 0.1) is 19.3 Å². The van der Waals surface area contributed by atoms with Crippen molar-refractivity contribution < 1.29 is 9.47 Å². The van der Waals surface area contributed by atoms with Crippen molar-refractivity contribution in [1.29, 1.82) is 0 Å². The van der Waals surface area contributed by atoms with Gasteiger partial charge in [0.2, 0.25) is 5.95 Å². The lowest BCUT2D eigenvalue weighted by molar-refractivity contribution is -0.127. The maximum Gasteiger partial charge on any atom is 0.225 e. The summed E-state index contributed by atoms with van der Waals surface area (Å²) in [5.74, 6) is 0.806. The molecule has 4 heterocycles. The number of nitrogens with zero attached hydrogens (tertiary/aromatic N) is 4. The van der Waals surface area contributed by atoms with Gasteiger partial charge >= 0.3 is 0 Å². The monoisotopic (exact) mass is 340 g/mol. The summed E-state index contributed by atoms with van der Waals surface area (Å²) in [6.07, 6.45) is 10.7. The zero-order valence-corrected chi connectivity index (χ0v) is 14.4. The Balaban J connectivity index is 1.46. The van der Waals surface area contributed by atoms with Gasteiger partial charge in [-0.15, -0.1) is 0 Å². The first kappa shape index (κ1) is 16.4. The van der Waals surface area contributed by atoms with Gasteiger partial charge in [-0.3, -0.25) is 4.98 Å². The number of piperidine rings is 1. The van der Waals surface area contributed by atoms with Gasteiger partial charge in [0, 0.05) is 49.9 Å². The Morgan fingerprint density at radius 1 is 1.20 bits per heavy atom. The molecule has 2 aliphatic heterocycles. The molecule has 4 rings (SSSR count). The molecule has 0 aliphatic carbocycles. The summed E-state index contributed by atoms with van der Waals surface area (Å²) in [5, 5.41) is 0. The summed E-state index contributed by atoms with van der Waals surface area (Å²) in [7, 11) is 0. The number of hydrogen-bond donors (Lipinski definition) is 0. The minimum Gasteiger partial charge on any atom is -0.377 e. The lowest BCUT2D eigenvalue weighted by atomic mass is 9.73. The molecule has 2 aromatic rings. The number of hydrogen-bond acceptors (Lipinski definition) is 6. The van der Waals surface area contributed by atoms with Crippen LogP contribution < -0.4 is 4.90 Å². The van der Waals surface area contributed by atoms with Crippen LogP contribution in [0, 0.1) is 5.41 Å². The zero-order chi connectivity index (χ0) is 17.0. The van der Waals surface area contributed by atoms with Crippen LogP contribution in [0.25, 0.3) is 0 Å². The molecule has 0 spiro atoms. The molecule has 25 heavy (non-hydrogen) atoms. The van der Waals surface area contributed by atoms with E-state index in [1.165, 1.54) is 0 Å². The van der Waals surface area contributed by atoms with Crippen LogP contribution >= 0.6 is 0 Å². The maximum atomic E-state index is 6.13. The molecule has 0 saturated carbocycles. The van der Waals surface area contributed by atoms with E-state index in [0.717, 1.165) is 50.5 Å². The van der Waals surface area contributed by atoms with Gasteiger partial charge in [-0.1, -0.05) is 0 Å². The molecule has 0 aromatic carbocycles. The van der Waals surface area contributed by atoms with Gasteiger partial charge in [0.25, 0.3) is 0 Å². The standard InChI is InChI=1S/C19H24N4O2/c1-6-19(15-24-13-16-3-9-20-10-4-16)14-23(11-5-17(19)25-12-1)18-21-7-2-8-22-18/h2-4,7-10,17H,1,5-6,11-15H2. The van der Waals surface area contributed by atoms with Crippen molar-refractivity contribution in [3.63, 3.8) is 0 Å². The molecule has 2 atom stereocenters. The van der Waals surface area contributed by atoms with Crippen molar-refractivity contribution in [2.75, 3.05) is 31.2 Å². The van der Waals surface area contributed by atoms with Crippen LogP contribution in [0.15, 0.2) is 43.0 Å². The van der Waals surface area contributed by atoms with E-state index in [1.54, 1.807) is 24.8 Å². The summed E-state index contributed by atoms with van der Waals surface area (Å²) >= 11 is 0. The first-order chi connectivity index (χ1) is 12.4. The smallest absolute Gasteiger partial charge is 0.225 e. The molecule has 2 aromatic heterocycles. The van der Waals surface area contributed by atoms with E-state index >= 15 is 0 Å². The Morgan fingerprint density at radius 3 is 2.88 bits per heavy atom. The highest BCUT2D eigenvalue weighted by atomic mass is 16.5. The second kappa shape index (κ2) is 7.45. The topological polar surface area (TPSA) is 60.4 Å². The predicted octanol–water partition coefficient (Wildman–Crippen LogP) is 2.46. The second-order valence-electron chi connectivity index (χ2n) is 6.93. The van der Waals surface area contributed by atoms with Crippen LogP contribution in [0.4, 0.5) is 5.95 Å². The Bertz CT molecular complexity index is 670. The minimum atomic E-state index is 0.0166. The molecule has 0 radical (unpaired) electrons. The third kappa shape index (κ3) is 3.65. The summed E-state index contributed by atoms with van der Waals surface area (Å²) in [6, 6.07) is 5.85. The number of aromatic nitrogens is 3. The van der Waals surface area contributed by atoms with Crippen molar-refractivity contribution in [2.45, 2.75) is 32.0 Å². The molecule has 2 unspecified atom stereocenters. The average Bonchev–Trinajstić information content (AvgIpc) is 2.69. The Morgan fingerprint density at radius 2 is 2.04 bits per heavy atom. The lowest BCUT2D eigenvalue weighted by Gasteiger charge is -2.50. The first-order valence-corrected chi connectivity index (χ1v) is 8.96. The highest BCUT2D eigenvalue weighted by Crippen LogP contribution is 2.41. The molecule has 132 valence electrons. The second-order valence-corrected chi connectivity index (χ2v) is 6.93. The third-order valence-electron chi connectivity index (χ3n) is 5.23. The number of fused-ring (bicyclic) bond motifs is 1. The molecule has 6 nitrogen and oxygen atoms in total. The van der Waals surface area contributed by atoms with Crippen molar-refractivity contribution >= 4 is 5.95 Å². The van der Waals surface area contributed by atoms with Crippen LogP contribution in [-0.4, -0.2) is 47.4 Å². The highest BCUT2D eigenvalue weighted by molar-refractivity contribution is 5.31. The molecule has 6 heteroatoms. The van der Waals surface area contributed by atoms with Gasteiger partial charge in [-0.2, -0.15) is 0 Å². The van der Waals surface area contributed by atoms with Crippen LogP contribution in [0.5, 0.6) is 0 Å². The number of anilines is 1. The average molecular weight is 340 g/mol. The van der Waals surface area contributed by atoms with Crippen LogP contribution in [0.3, 0.4) is 0 Å². The SMILES string of the molecule is c1cnc(N2CCC3OCCCC3(COCc3ccncc3)C2)nc1.